The maximum Gasteiger partial charge on any atom is 0.246 e. The van der Waals surface area contributed by atoms with E-state index in [1.54, 1.807) is 18.2 Å². The summed E-state index contributed by atoms with van der Waals surface area (Å²) in [5.41, 5.74) is 0.168. The highest BCUT2D eigenvalue weighted by Gasteiger charge is 2.72. The van der Waals surface area contributed by atoms with Gasteiger partial charge in [0.1, 0.15) is 17.5 Å². The summed E-state index contributed by atoms with van der Waals surface area (Å²) >= 11 is 0. The van der Waals surface area contributed by atoms with Crippen LogP contribution in [0, 0.1) is 24.6 Å². The smallest absolute Gasteiger partial charge is 0.246 e. The van der Waals surface area contributed by atoms with Crippen LogP contribution in [0.15, 0.2) is 60.7 Å². The number of hydrogen-bond donors (Lipinski definition) is 2. The van der Waals surface area contributed by atoms with Gasteiger partial charge < -0.3 is 20.3 Å². The Morgan fingerprint density at radius 3 is 2.44 bits per heavy atom. The first kappa shape index (κ1) is 24.2. The van der Waals surface area contributed by atoms with E-state index in [4.69, 9.17) is 4.74 Å². The van der Waals surface area contributed by atoms with E-state index in [-0.39, 0.29) is 24.0 Å². The molecule has 2 aromatic rings. The molecule has 2 N–H and O–H groups in total. The third-order valence-corrected chi connectivity index (χ3v) is 7.03. The van der Waals surface area contributed by atoms with Gasteiger partial charge in [-0.1, -0.05) is 54.1 Å². The number of hydrogen-bond acceptors (Lipinski definition) is 4. The second-order valence-electron chi connectivity index (χ2n) is 10.9. The average Bonchev–Trinajstić information content (AvgIpc) is 3.43. The van der Waals surface area contributed by atoms with Crippen molar-refractivity contribution in [2.24, 2.45) is 11.8 Å². The van der Waals surface area contributed by atoms with Crippen molar-refractivity contribution >= 4 is 23.4 Å². The van der Waals surface area contributed by atoms with Crippen LogP contribution in [0.25, 0.3) is 0 Å². The number of para-hydroxylation sites is 1. The Morgan fingerprint density at radius 1 is 1.08 bits per heavy atom. The van der Waals surface area contributed by atoms with Gasteiger partial charge in [-0.05, 0) is 45.4 Å². The van der Waals surface area contributed by atoms with Gasteiger partial charge in [-0.25, -0.2) is 4.39 Å². The molecule has 0 radical (unpaired) electrons. The highest BCUT2D eigenvalue weighted by atomic mass is 19.1. The molecule has 2 aromatic carbocycles. The lowest BCUT2D eigenvalue weighted by Crippen LogP contribution is -2.57. The van der Waals surface area contributed by atoms with Gasteiger partial charge >= 0.3 is 0 Å². The molecule has 3 heterocycles. The van der Waals surface area contributed by atoms with Gasteiger partial charge in [0.2, 0.25) is 17.7 Å². The standard InChI is InChI=1S/C28H30FN3O4/c1-16-9-11-17(12-10-16)15-32-23(25(34)31-27(2,3)4)28-14-13-20(36-28)21(22(28)26(32)35)24(33)30-19-8-6-5-7-18(19)29/h5-14,20-23H,15H2,1-4H3,(H,30,33)(H,31,34)/t20-,21+,22-,23-,28-/m1/s1. The molecule has 2 saturated heterocycles. The fourth-order valence-corrected chi connectivity index (χ4v) is 5.54. The van der Waals surface area contributed by atoms with E-state index in [0.29, 0.717) is 0 Å². The molecule has 2 fully saturated rings. The number of nitrogens with one attached hydrogen (secondary N) is 2. The Morgan fingerprint density at radius 2 is 1.78 bits per heavy atom. The van der Waals surface area contributed by atoms with Crippen molar-refractivity contribution in [3.05, 3.63) is 77.6 Å². The van der Waals surface area contributed by atoms with Gasteiger partial charge in [0.15, 0.2) is 0 Å². The topological polar surface area (TPSA) is 87.7 Å². The van der Waals surface area contributed by atoms with Crippen LogP contribution in [0.5, 0.6) is 0 Å². The molecule has 5 rings (SSSR count). The molecule has 0 aliphatic carbocycles. The fraction of sp³-hybridized carbons (Fsp3) is 0.393. The minimum absolute atomic E-state index is 0.0345. The summed E-state index contributed by atoms with van der Waals surface area (Å²) < 4.78 is 20.5. The minimum atomic E-state index is -1.28. The molecule has 36 heavy (non-hydrogen) atoms. The maximum atomic E-state index is 14.2. The molecule has 7 nitrogen and oxygen atoms in total. The molecule has 0 aromatic heterocycles. The first-order chi connectivity index (χ1) is 17.0. The lowest BCUT2D eigenvalue weighted by Gasteiger charge is -2.34. The summed E-state index contributed by atoms with van der Waals surface area (Å²) in [6, 6.07) is 12.7. The van der Waals surface area contributed by atoms with Crippen LogP contribution in [0.4, 0.5) is 10.1 Å². The SMILES string of the molecule is Cc1ccc(CN2C(=O)[C@H]3[C@@H](C(=O)Nc4ccccc4F)[C@H]4C=C[C@]3(O4)[C@H]2C(=O)NC(C)(C)C)cc1. The van der Waals surface area contributed by atoms with Gasteiger partial charge in [-0.15, -0.1) is 0 Å². The molecule has 188 valence electrons. The first-order valence-corrected chi connectivity index (χ1v) is 12.1. The third kappa shape index (κ3) is 3.99. The summed E-state index contributed by atoms with van der Waals surface area (Å²) in [5, 5.41) is 5.61. The summed E-state index contributed by atoms with van der Waals surface area (Å²) in [7, 11) is 0. The van der Waals surface area contributed by atoms with Crippen LogP contribution in [-0.4, -0.2) is 45.9 Å². The molecule has 3 aliphatic rings. The highest BCUT2D eigenvalue weighted by molar-refractivity contribution is 6.02. The fourth-order valence-electron chi connectivity index (χ4n) is 5.54. The summed E-state index contributed by atoms with van der Waals surface area (Å²) in [5.74, 6) is -3.55. The zero-order chi connectivity index (χ0) is 25.8. The highest BCUT2D eigenvalue weighted by Crippen LogP contribution is 2.55. The molecule has 0 unspecified atom stereocenters. The Balaban J connectivity index is 1.51. The Bertz CT molecular complexity index is 1250. The van der Waals surface area contributed by atoms with E-state index in [1.165, 1.54) is 23.1 Å². The van der Waals surface area contributed by atoms with E-state index in [0.717, 1.165) is 11.1 Å². The van der Waals surface area contributed by atoms with Gasteiger partial charge in [-0.2, -0.15) is 0 Å². The quantitative estimate of drug-likeness (QED) is 0.628. The molecule has 0 saturated carbocycles. The zero-order valence-electron chi connectivity index (χ0n) is 20.7. The number of rotatable bonds is 5. The largest absolute Gasteiger partial charge is 0.359 e. The average molecular weight is 492 g/mol. The van der Waals surface area contributed by atoms with E-state index in [1.807, 2.05) is 52.0 Å². The second kappa shape index (κ2) is 8.55. The number of ether oxygens (including phenoxy) is 1. The van der Waals surface area contributed by atoms with E-state index < -0.39 is 46.8 Å². The predicted octanol–water partition coefficient (Wildman–Crippen LogP) is 3.34. The van der Waals surface area contributed by atoms with Crippen LogP contribution in [0.1, 0.15) is 31.9 Å². The van der Waals surface area contributed by atoms with Gasteiger partial charge in [0.25, 0.3) is 0 Å². The normalized spacial score (nSPS) is 28.4. The number of aryl methyl sites for hydroxylation is 1. The van der Waals surface area contributed by atoms with Gasteiger partial charge in [-0.3, -0.25) is 14.4 Å². The van der Waals surface area contributed by atoms with Crippen LogP contribution < -0.4 is 10.6 Å². The molecule has 2 bridgehead atoms. The van der Waals surface area contributed by atoms with Crippen molar-refractivity contribution in [2.75, 3.05) is 5.32 Å². The molecule has 3 amide bonds. The van der Waals surface area contributed by atoms with E-state index >= 15 is 0 Å². The number of benzene rings is 2. The number of carbonyl (C=O) groups is 3. The number of nitrogens with zero attached hydrogens (tertiary/aromatic N) is 1. The van der Waals surface area contributed by atoms with Crippen molar-refractivity contribution in [3.8, 4) is 0 Å². The van der Waals surface area contributed by atoms with E-state index in [2.05, 4.69) is 10.6 Å². The lowest BCUT2D eigenvalue weighted by molar-refractivity contribution is -0.142. The van der Waals surface area contributed by atoms with Crippen molar-refractivity contribution in [2.45, 2.75) is 57.5 Å². The van der Waals surface area contributed by atoms with Crippen LogP contribution >= 0.6 is 0 Å². The summed E-state index contributed by atoms with van der Waals surface area (Å²) in [6.07, 6.45) is 2.81. The molecule has 3 aliphatic heterocycles. The van der Waals surface area contributed by atoms with Crippen molar-refractivity contribution < 1.29 is 23.5 Å². The summed E-state index contributed by atoms with van der Waals surface area (Å²) in [4.78, 5) is 42.5. The van der Waals surface area contributed by atoms with Crippen molar-refractivity contribution in [3.63, 3.8) is 0 Å². The first-order valence-electron chi connectivity index (χ1n) is 12.1. The third-order valence-electron chi connectivity index (χ3n) is 7.03. The van der Waals surface area contributed by atoms with E-state index in [9.17, 15) is 18.8 Å². The van der Waals surface area contributed by atoms with Gasteiger partial charge in [0, 0.05) is 12.1 Å². The Labute approximate surface area is 209 Å². The monoisotopic (exact) mass is 491 g/mol. The molecular formula is C28H30FN3O4. The number of fused-ring (bicyclic) bond motifs is 1. The Kier molecular flexibility index (Phi) is 5.75. The van der Waals surface area contributed by atoms with Crippen LogP contribution in [0.2, 0.25) is 0 Å². The summed E-state index contributed by atoms with van der Waals surface area (Å²) in [6.45, 7) is 7.78. The zero-order valence-corrected chi connectivity index (χ0v) is 20.7. The van der Waals surface area contributed by atoms with Crippen molar-refractivity contribution in [1.29, 1.82) is 0 Å². The number of halogens is 1. The number of carbonyl (C=O) groups excluding carboxylic acids is 3. The Hall–Kier alpha value is -3.52. The van der Waals surface area contributed by atoms with Gasteiger partial charge in [0.05, 0.1) is 23.6 Å². The van der Waals surface area contributed by atoms with Crippen molar-refractivity contribution in [1.82, 2.24) is 10.2 Å². The molecule has 1 spiro atoms. The van der Waals surface area contributed by atoms with Crippen LogP contribution in [0.3, 0.4) is 0 Å². The van der Waals surface area contributed by atoms with Crippen LogP contribution in [-0.2, 0) is 25.7 Å². The number of amides is 3. The number of anilines is 1. The number of likely N-dealkylation sites (tertiary alicyclic amines) is 1. The minimum Gasteiger partial charge on any atom is -0.359 e. The molecule has 8 heteroatoms. The maximum absolute atomic E-state index is 14.2. The predicted molar refractivity (Wildman–Crippen MR) is 132 cm³/mol. The molecule has 5 atom stereocenters. The lowest BCUT2D eigenvalue weighted by atomic mass is 9.74. The second-order valence-corrected chi connectivity index (χ2v) is 10.9. The molecular weight excluding hydrogens is 461 g/mol.